The van der Waals surface area contributed by atoms with Crippen LogP contribution in [0.1, 0.15) is 44.2 Å². The summed E-state index contributed by atoms with van der Waals surface area (Å²) in [6.07, 6.45) is 4.17. The Balaban J connectivity index is 2.30. The molecule has 0 unspecified atom stereocenters. The van der Waals surface area contributed by atoms with Crippen molar-refractivity contribution in [1.29, 1.82) is 0 Å². The van der Waals surface area contributed by atoms with E-state index in [9.17, 15) is 15.2 Å². The zero-order valence-corrected chi connectivity index (χ0v) is 13.1. The Kier molecular flexibility index (Phi) is 6.15. The highest BCUT2D eigenvalue weighted by atomic mass is 16.6. The van der Waals surface area contributed by atoms with E-state index in [2.05, 4.69) is 17.1 Å². The van der Waals surface area contributed by atoms with E-state index >= 15 is 0 Å². The number of phenols is 1. The van der Waals surface area contributed by atoms with Gasteiger partial charge in [-0.2, -0.15) is 0 Å². The Morgan fingerprint density at radius 2 is 2.09 bits per heavy atom. The van der Waals surface area contributed by atoms with Crippen molar-refractivity contribution in [3.05, 3.63) is 33.9 Å². The highest BCUT2D eigenvalue weighted by Crippen LogP contribution is 2.35. The Hall–Kier alpha value is -1.66. The van der Waals surface area contributed by atoms with Crippen molar-refractivity contribution in [3.63, 3.8) is 0 Å². The molecule has 0 saturated carbocycles. The molecule has 1 aliphatic rings. The number of rotatable bonds is 7. The molecule has 1 aromatic carbocycles. The lowest BCUT2D eigenvalue weighted by Crippen LogP contribution is -2.45. The third-order valence-electron chi connectivity index (χ3n) is 4.24. The number of piperazine rings is 1. The van der Waals surface area contributed by atoms with Gasteiger partial charge < -0.3 is 10.4 Å². The van der Waals surface area contributed by atoms with Crippen molar-refractivity contribution < 1.29 is 10.0 Å². The maximum absolute atomic E-state index is 11.3. The predicted octanol–water partition coefficient (Wildman–Crippen LogP) is 2.83. The summed E-state index contributed by atoms with van der Waals surface area (Å²) < 4.78 is 0. The number of aromatic hydroxyl groups is 1. The minimum absolute atomic E-state index is 0.00106. The van der Waals surface area contributed by atoms with Crippen LogP contribution in [0.4, 0.5) is 5.69 Å². The van der Waals surface area contributed by atoms with Crippen LogP contribution in [0.3, 0.4) is 0 Å². The third kappa shape index (κ3) is 4.18. The highest BCUT2D eigenvalue weighted by molar-refractivity contribution is 5.46. The largest absolute Gasteiger partial charge is 0.508 e. The van der Waals surface area contributed by atoms with Crippen molar-refractivity contribution >= 4 is 5.69 Å². The molecule has 1 heterocycles. The van der Waals surface area contributed by atoms with Gasteiger partial charge in [-0.3, -0.25) is 15.0 Å². The maximum Gasteiger partial charge on any atom is 0.274 e. The molecule has 2 N–H and O–H groups in total. The maximum atomic E-state index is 11.3. The number of hydrogen-bond acceptors (Lipinski definition) is 5. The molecule has 2 rings (SSSR count). The van der Waals surface area contributed by atoms with Gasteiger partial charge in [0.05, 0.1) is 10.5 Å². The first kappa shape index (κ1) is 16.7. The molecule has 22 heavy (non-hydrogen) atoms. The van der Waals surface area contributed by atoms with E-state index in [-0.39, 0.29) is 22.4 Å². The number of phenolic OH excluding ortho intramolecular Hbond substituents is 1. The second-order valence-corrected chi connectivity index (χ2v) is 5.80. The smallest absolute Gasteiger partial charge is 0.274 e. The van der Waals surface area contributed by atoms with Crippen molar-refractivity contribution in [2.45, 2.75) is 38.6 Å². The van der Waals surface area contributed by atoms with Crippen LogP contribution < -0.4 is 5.32 Å². The number of benzene rings is 1. The van der Waals surface area contributed by atoms with Gasteiger partial charge in [-0.1, -0.05) is 26.2 Å². The van der Waals surface area contributed by atoms with E-state index in [1.54, 1.807) is 6.07 Å². The monoisotopic (exact) mass is 307 g/mol. The quantitative estimate of drug-likeness (QED) is 0.460. The molecular formula is C16H25N3O3. The van der Waals surface area contributed by atoms with Gasteiger partial charge in [-0.15, -0.1) is 0 Å². The van der Waals surface area contributed by atoms with E-state index in [1.807, 2.05) is 0 Å². The minimum Gasteiger partial charge on any atom is -0.508 e. The number of nitrogens with one attached hydrogen (secondary N) is 1. The fourth-order valence-electron chi connectivity index (χ4n) is 3.09. The molecule has 1 saturated heterocycles. The van der Waals surface area contributed by atoms with Gasteiger partial charge in [0, 0.05) is 38.3 Å². The zero-order valence-electron chi connectivity index (χ0n) is 13.1. The van der Waals surface area contributed by atoms with Crippen molar-refractivity contribution in [2.24, 2.45) is 0 Å². The summed E-state index contributed by atoms with van der Waals surface area (Å²) in [5.41, 5.74) is 0.751. The van der Waals surface area contributed by atoms with Gasteiger partial charge in [0.25, 0.3) is 5.69 Å². The van der Waals surface area contributed by atoms with E-state index in [4.69, 9.17) is 0 Å². The molecule has 122 valence electrons. The van der Waals surface area contributed by atoms with E-state index < -0.39 is 0 Å². The first-order valence-electron chi connectivity index (χ1n) is 8.05. The van der Waals surface area contributed by atoms with Crippen molar-refractivity contribution in [2.75, 3.05) is 26.2 Å². The molecule has 0 radical (unpaired) electrons. The predicted molar refractivity (Wildman–Crippen MR) is 86.1 cm³/mol. The summed E-state index contributed by atoms with van der Waals surface area (Å²) in [5, 5.41) is 24.4. The lowest BCUT2D eigenvalue weighted by molar-refractivity contribution is -0.386. The number of nitro groups is 1. The van der Waals surface area contributed by atoms with Gasteiger partial charge in [-0.05, 0) is 18.6 Å². The van der Waals surface area contributed by atoms with Gasteiger partial charge in [0.15, 0.2) is 0 Å². The van der Waals surface area contributed by atoms with Crippen LogP contribution >= 0.6 is 0 Å². The van der Waals surface area contributed by atoms with Crippen LogP contribution in [-0.2, 0) is 0 Å². The van der Waals surface area contributed by atoms with Crippen LogP contribution in [-0.4, -0.2) is 41.1 Å². The topological polar surface area (TPSA) is 78.6 Å². The van der Waals surface area contributed by atoms with Crippen molar-refractivity contribution in [3.8, 4) is 5.75 Å². The molecular weight excluding hydrogens is 282 g/mol. The van der Waals surface area contributed by atoms with Gasteiger partial charge in [-0.25, -0.2) is 0 Å². The van der Waals surface area contributed by atoms with Gasteiger partial charge in [0.1, 0.15) is 5.75 Å². The second-order valence-electron chi connectivity index (χ2n) is 5.80. The van der Waals surface area contributed by atoms with Crippen LogP contribution in [0, 0.1) is 10.1 Å². The van der Waals surface area contributed by atoms with Gasteiger partial charge >= 0.3 is 0 Å². The Bertz CT molecular complexity index is 501. The van der Waals surface area contributed by atoms with Crippen LogP contribution in [0.15, 0.2) is 18.2 Å². The number of nitro benzene ring substituents is 1. The first-order chi connectivity index (χ1) is 10.6. The van der Waals surface area contributed by atoms with E-state index in [1.165, 1.54) is 12.1 Å². The highest BCUT2D eigenvalue weighted by Gasteiger charge is 2.28. The molecule has 0 bridgehead atoms. The Morgan fingerprint density at radius 3 is 2.73 bits per heavy atom. The number of unbranched alkanes of at least 4 members (excludes halogenated alkanes) is 2. The molecule has 1 fully saturated rings. The fourth-order valence-corrected chi connectivity index (χ4v) is 3.09. The molecule has 0 aromatic heterocycles. The fraction of sp³-hybridized carbons (Fsp3) is 0.625. The molecule has 0 aliphatic carbocycles. The second kappa shape index (κ2) is 8.10. The molecule has 6 nitrogen and oxygen atoms in total. The third-order valence-corrected chi connectivity index (χ3v) is 4.24. The molecule has 1 atom stereocenters. The molecule has 6 heteroatoms. The summed E-state index contributed by atoms with van der Waals surface area (Å²) in [6.45, 7) is 5.71. The molecule has 0 amide bonds. The summed E-state index contributed by atoms with van der Waals surface area (Å²) in [6, 6.07) is 4.38. The number of hydrogen-bond donors (Lipinski definition) is 2. The molecule has 0 spiro atoms. The van der Waals surface area contributed by atoms with E-state index in [0.717, 1.165) is 51.9 Å². The normalized spacial score (nSPS) is 17.3. The Labute approximate surface area is 131 Å². The minimum atomic E-state index is -0.343. The van der Waals surface area contributed by atoms with Crippen LogP contribution in [0.5, 0.6) is 5.75 Å². The molecule has 1 aromatic rings. The first-order valence-corrected chi connectivity index (χ1v) is 8.05. The van der Waals surface area contributed by atoms with Crippen molar-refractivity contribution in [1.82, 2.24) is 10.2 Å². The van der Waals surface area contributed by atoms with E-state index in [0.29, 0.717) is 5.56 Å². The lowest BCUT2D eigenvalue weighted by Gasteiger charge is -2.35. The number of nitrogens with zero attached hydrogens (tertiary/aromatic N) is 2. The summed E-state index contributed by atoms with van der Waals surface area (Å²) in [5.74, 6) is 0.0937. The van der Waals surface area contributed by atoms with Crippen LogP contribution in [0.2, 0.25) is 0 Å². The van der Waals surface area contributed by atoms with Crippen LogP contribution in [0.25, 0.3) is 0 Å². The summed E-state index contributed by atoms with van der Waals surface area (Å²) in [7, 11) is 0. The van der Waals surface area contributed by atoms with Gasteiger partial charge in [0.2, 0.25) is 0 Å². The Morgan fingerprint density at radius 1 is 1.36 bits per heavy atom. The average molecular weight is 307 g/mol. The lowest BCUT2D eigenvalue weighted by atomic mass is 9.96. The standard InChI is InChI=1S/C16H25N3O3/c1-2-3-4-5-15(18-10-8-17-9-11-18)14-12-13(20)6-7-16(14)19(21)22/h6-7,12,15,17,20H,2-5,8-11H2,1H3/t15-/m0/s1. The SMILES string of the molecule is CCCCC[C@@H](c1cc(O)ccc1[N+](=O)[O-])N1CCNCC1. The average Bonchev–Trinajstić information content (AvgIpc) is 2.52. The molecule has 1 aliphatic heterocycles. The zero-order chi connectivity index (χ0) is 15.9. The summed E-state index contributed by atoms with van der Waals surface area (Å²) >= 11 is 0. The summed E-state index contributed by atoms with van der Waals surface area (Å²) in [4.78, 5) is 13.3.